The van der Waals surface area contributed by atoms with Gasteiger partial charge in [-0.25, -0.2) is 4.39 Å². The maximum Gasteiger partial charge on any atom is 0.261 e. The monoisotopic (exact) mass is 2240 g/mol. The average Bonchev–Trinajstić information content (AvgIpc) is 0.612. The van der Waals surface area contributed by atoms with Gasteiger partial charge in [-0.2, -0.15) is 0 Å². The van der Waals surface area contributed by atoms with Gasteiger partial charge in [-0.15, -0.1) is 0 Å². The van der Waals surface area contributed by atoms with Gasteiger partial charge in [0.15, 0.2) is 0 Å². The van der Waals surface area contributed by atoms with E-state index in [0.717, 1.165) is 143 Å². The number of para-hydroxylation sites is 1. The molecule has 28 heteroatoms. The fourth-order valence-electron chi connectivity index (χ4n) is 14.2. The number of hydrogen-bond acceptors (Lipinski definition) is 18. The van der Waals surface area contributed by atoms with E-state index in [9.17, 15) is 4.39 Å². The Morgan fingerprint density at radius 2 is 0.497 bits per heavy atom. The summed E-state index contributed by atoms with van der Waals surface area (Å²) in [5, 5.41) is 21.2. The van der Waals surface area contributed by atoms with Gasteiger partial charge in [-0.1, -0.05) is 119 Å². The molecule has 0 bridgehead atoms. The zero-order valence-corrected chi connectivity index (χ0v) is 96.1. The Kier molecular flexibility index (Phi) is 50.5. The summed E-state index contributed by atoms with van der Waals surface area (Å²) in [6.07, 6.45) is 0. The van der Waals surface area contributed by atoms with E-state index in [2.05, 4.69) is 260 Å². The summed E-state index contributed by atoms with van der Waals surface area (Å²) < 4.78 is 84.2. The molecule has 0 unspecified atom stereocenters. The summed E-state index contributed by atoms with van der Waals surface area (Å²) >= 11 is 43.2. The number of rotatable bonds is 30. The molecule has 0 aromatic heterocycles. The fourth-order valence-corrected chi connectivity index (χ4v) is 16.9. The van der Waals surface area contributed by atoms with Crippen molar-refractivity contribution in [3.05, 3.63) is 346 Å². The summed E-state index contributed by atoms with van der Waals surface area (Å²) in [5.74, 6) is 4.90. The van der Waals surface area contributed by atoms with Crippen molar-refractivity contribution in [2.45, 2.75) is 213 Å². The molecule has 0 aliphatic heterocycles. The van der Waals surface area contributed by atoms with Gasteiger partial charge in [0, 0.05) is 74.9 Å². The molecule has 6 N–H and O–H groups in total. The van der Waals surface area contributed by atoms with Crippen molar-refractivity contribution in [3.8, 4) is 34.5 Å². The van der Waals surface area contributed by atoms with E-state index in [1.165, 1.54) is 67.3 Å². The Labute approximate surface area is 906 Å². The molecular formula is C115H136BrClFIN6O12S6. The number of anilines is 6. The van der Waals surface area contributed by atoms with Gasteiger partial charge in [0.2, 0.25) is 0 Å². The van der Waals surface area contributed by atoms with Gasteiger partial charge >= 0.3 is 0 Å². The molecule has 0 heterocycles. The van der Waals surface area contributed by atoms with Crippen molar-refractivity contribution < 1.29 is 61.2 Å². The summed E-state index contributed by atoms with van der Waals surface area (Å²) in [7, 11) is 0. The lowest BCUT2D eigenvalue weighted by molar-refractivity contribution is 0.298. The van der Waals surface area contributed by atoms with Gasteiger partial charge in [0.25, 0.3) is 31.0 Å². The number of thiocarbonyl (C=S) groups is 6. The Balaban J connectivity index is 0.000000233. The molecule has 12 rings (SSSR count). The number of halogens is 4. The minimum atomic E-state index is -0.346. The van der Waals surface area contributed by atoms with E-state index in [1.54, 1.807) is 12.1 Å². The fraction of sp³-hybridized carbons (Fsp3) is 0.322. The molecule has 0 aliphatic carbocycles. The molecule has 143 heavy (non-hydrogen) atoms. The molecule has 0 fully saturated rings. The van der Waals surface area contributed by atoms with Crippen molar-refractivity contribution in [3.63, 3.8) is 0 Å². The van der Waals surface area contributed by atoms with Crippen molar-refractivity contribution in [1.82, 2.24) is 0 Å². The van der Waals surface area contributed by atoms with Crippen LogP contribution < -0.4 is 60.3 Å². The first-order valence-corrected chi connectivity index (χ1v) is 51.9. The molecule has 12 aromatic rings. The van der Waals surface area contributed by atoms with Crippen LogP contribution in [0.1, 0.15) is 181 Å². The van der Waals surface area contributed by atoms with Crippen molar-refractivity contribution in [1.29, 1.82) is 0 Å². The summed E-state index contributed by atoms with van der Waals surface area (Å²) in [4.78, 5) is 0. The normalized spacial score (nSPS) is 10.4. The standard InChI is InChI=1S/C20H25NO2S.C19H22BrNO2S.C19H22ClNO2S.C19H22FNO2S.C19H22INO2S.C19H23NO2S/c1-6-22-20(24)21-18-9-7-8-13(2)17(18)12-23-19-11-15(4)14(3)10-16(19)5;4*1-5-22-19(24)21-17-8-6-7-16(20)15(17)11-23-18-10-13(3)12(2)9-14(18)4;1-5-21-19(23)20-17-9-7-6-8-16(17)12-22-18-11-14(3)13(2)10-15(18)4/h7-11H,6,12H2,1-5H3,(H,21,24);4*6-10H,5,11H2,1-4H3,(H,21,24);6-11H,5,12H2,1-4H3,(H,20,23). The summed E-state index contributed by atoms with van der Waals surface area (Å²) in [6, 6.07) is 61.5. The Hall–Kier alpha value is -11.0. The molecule has 0 radical (unpaired) electrons. The zero-order chi connectivity index (χ0) is 105. The number of benzene rings is 12. The molecule has 762 valence electrons. The van der Waals surface area contributed by atoms with Crippen LogP contribution in [0.5, 0.6) is 34.5 Å². The smallest absolute Gasteiger partial charge is 0.261 e. The van der Waals surface area contributed by atoms with Crippen LogP contribution in [0.3, 0.4) is 0 Å². The highest BCUT2D eigenvalue weighted by Gasteiger charge is 2.20. The van der Waals surface area contributed by atoms with E-state index in [4.69, 9.17) is 142 Å². The quantitative estimate of drug-likeness (QED) is 0.0184. The predicted molar refractivity (Wildman–Crippen MR) is 626 cm³/mol. The molecule has 0 saturated heterocycles. The van der Waals surface area contributed by atoms with Gasteiger partial charge in [0.05, 0.1) is 45.3 Å². The van der Waals surface area contributed by atoms with Crippen LogP contribution in [-0.4, -0.2) is 70.7 Å². The highest BCUT2D eigenvalue weighted by atomic mass is 127. The molecule has 0 saturated carbocycles. The van der Waals surface area contributed by atoms with E-state index in [1.807, 2.05) is 153 Å². The highest BCUT2D eigenvalue weighted by molar-refractivity contribution is 14.1. The molecule has 0 amide bonds. The van der Waals surface area contributed by atoms with Gasteiger partial charge < -0.3 is 88.7 Å². The topological polar surface area (TPSA) is 183 Å². The average molecular weight is 2250 g/mol. The molecule has 18 nitrogen and oxygen atoms in total. The second-order valence-corrected chi connectivity index (χ2v) is 38.5. The predicted octanol–water partition coefficient (Wildman–Crippen LogP) is 32.0. The van der Waals surface area contributed by atoms with Gasteiger partial charge in [-0.05, 0) is 472 Å². The lowest BCUT2D eigenvalue weighted by atomic mass is 10.1. The number of hydrogen-bond donors (Lipinski definition) is 6. The Morgan fingerprint density at radius 1 is 0.259 bits per heavy atom. The van der Waals surface area contributed by atoms with Crippen LogP contribution in [0.2, 0.25) is 5.02 Å². The SMILES string of the molecule is CCOC(=S)Nc1cccc(Br)c1COc1cc(C)c(C)cc1C.CCOC(=S)Nc1cccc(C)c1COc1cc(C)c(C)cc1C.CCOC(=S)Nc1cccc(Cl)c1COc1cc(C)c(C)cc1C.CCOC(=S)Nc1cccc(F)c1COc1cc(C)c(C)cc1C.CCOC(=S)Nc1cccc(I)c1COc1cc(C)c(C)cc1C.CCOC(=S)Nc1ccccc1COc1cc(C)c(C)cc1C. The van der Waals surface area contributed by atoms with Crippen LogP contribution >= 0.6 is 123 Å². The van der Waals surface area contributed by atoms with Gasteiger partial charge in [0.1, 0.15) is 80.0 Å². The molecule has 12 aromatic carbocycles. The first-order valence-electron chi connectivity index (χ1n) is 47.2. The van der Waals surface area contributed by atoms with E-state index in [0.29, 0.717) is 115 Å². The third kappa shape index (κ3) is 38.5. The van der Waals surface area contributed by atoms with Gasteiger partial charge in [-0.3, -0.25) is 0 Å². The second-order valence-electron chi connectivity index (χ2n) is 33.8. The maximum absolute atomic E-state index is 14.2. The third-order valence-electron chi connectivity index (χ3n) is 23.0. The van der Waals surface area contributed by atoms with Crippen molar-refractivity contribution >= 4 is 189 Å². The minimum absolute atomic E-state index is 0.104. The highest BCUT2D eigenvalue weighted by Crippen LogP contribution is 2.36. The third-order valence-corrected chi connectivity index (χ3v) is 26.4. The molecule has 0 aliphatic rings. The second kappa shape index (κ2) is 60.7. The molecular weight excluding hydrogens is 2110 g/mol. The first kappa shape index (κ1) is 119. The summed E-state index contributed by atoms with van der Waals surface area (Å²) in [5.41, 5.74) is 33.1. The maximum atomic E-state index is 14.2. The minimum Gasteiger partial charge on any atom is -0.489 e. The zero-order valence-electron chi connectivity index (χ0n) is 86.7. The first-order chi connectivity index (χ1) is 68.1. The number of nitrogens with one attached hydrogen (secondary N) is 6. The van der Waals surface area contributed by atoms with E-state index in [-0.39, 0.29) is 17.6 Å². The van der Waals surface area contributed by atoms with Crippen LogP contribution in [0.25, 0.3) is 0 Å². The molecule has 0 spiro atoms. The van der Waals surface area contributed by atoms with Crippen LogP contribution in [0.15, 0.2) is 193 Å². The number of ether oxygens (including phenoxy) is 12. The molecule has 0 atom stereocenters. The summed E-state index contributed by atoms with van der Waals surface area (Å²) in [6.45, 7) is 56.3. The van der Waals surface area contributed by atoms with Crippen LogP contribution in [0.4, 0.5) is 38.5 Å². The van der Waals surface area contributed by atoms with E-state index >= 15 is 0 Å². The van der Waals surface area contributed by atoms with Crippen molar-refractivity contribution in [2.75, 3.05) is 71.5 Å². The lowest BCUT2D eigenvalue weighted by Gasteiger charge is -2.17. The largest absolute Gasteiger partial charge is 0.489 e. The van der Waals surface area contributed by atoms with E-state index < -0.39 is 0 Å². The van der Waals surface area contributed by atoms with Crippen LogP contribution in [0, 0.1) is 141 Å². The van der Waals surface area contributed by atoms with Crippen molar-refractivity contribution in [2.24, 2.45) is 0 Å². The number of aryl methyl sites for hydroxylation is 19. The van der Waals surface area contributed by atoms with Crippen LogP contribution in [-0.2, 0) is 68.1 Å². The Bertz CT molecular complexity index is 5650. The Morgan fingerprint density at radius 3 is 0.846 bits per heavy atom. The lowest BCUT2D eigenvalue weighted by Crippen LogP contribution is -2.15.